The van der Waals surface area contributed by atoms with Crippen molar-refractivity contribution in [1.29, 1.82) is 0 Å². The Morgan fingerprint density at radius 1 is 1.48 bits per heavy atom. The van der Waals surface area contributed by atoms with Gasteiger partial charge in [0.05, 0.1) is 6.54 Å². The van der Waals surface area contributed by atoms with Crippen LogP contribution in [0.25, 0.3) is 0 Å². The van der Waals surface area contributed by atoms with E-state index in [2.05, 4.69) is 35.3 Å². The van der Waals surface area contributed by atoms with Crippen molar-refractivity contribution in [3.8, 4) is 0 Å². The van der Waals surface area contributed by atoms with Gasteiger partial charge in [0.15, 0.2) is 5.67 Å². The number of aromatic nitrogens is 2. The van der Waals surface area contributed by atoms with Crippen molar-refractivity contribution in [3.63, 3.8) is 0 Å². The van der Waals surface area contributed by atoms with Crippen LogP contribution in [0.2, 0.25) is 0 Å². The maximum atomic E-state index is 14.6. The second-order valence-corrected chi connectivity index (χ2v) is 7.40. The standard InChI is InChI=1S/C17H27FN4O/c1-13(2)20(3)9-14-10-21-8-7-19-15(21)12-22(11-14)16(23)17(18)5-4-6-17/h7-8,13-14H,4-6,9-12H2,1-3H3. The van der Waals surface area contributed by atoms with E-state index in [1.54, 1.807) is 11.1 Å². The molecule has 1 fully saturated rings. The number of halogens is 1. The van der Waals surface area contributed by atoms with Crippen LogP contribution in [-0.2, 0) is 17.9 Å². The summed E-state index contributed by atoms with van der Waals surface area (Å²) >= 11 is 0. The molecule has 0 radical (unpaired) electrons. The van der Waals surface area contributed by atoms with E-state index in [1.807, 2.05) is 6.20 Å². The van der Waals surface area contributed by atoms with Gasteiger partial charge in [0.2, 0.25) is 0 Å². The van der Waals surface area contributed by atoms with Gasteiger partial charge >= 0.3 is 0 Å². The van der Waals surface area contributed by atoms with Crippen LogP contribution in [0.3, 0.4) is 0 Å². The van der Waals surface area contributed by atoms with Crippen molar-refractivity contribution < 1.29 is 9.18 Å². The van der Waals surface area contributed by atoms with Gasteiger partial charge in [-0.25, -0.2) is 9.37 Å². The predicted octanol–water partition coefficient (Wildman–Crippen LogP) is 2.07. The predicted molar refractivity (Wildman–Crippen MR) is 86.6 cm³/mol. The molecule has 1 unspecified atom stereocenters. The first-order chi connectivity index (χ1) is 10.9. The quantitative estimate of drug-likeness (QED) is 0.852. The number of fused-ring (bicyclic) bond motifs is 1. The smallest absolute Gasteiger partial charge is 0.260 e. The molecule has 5 nitrogen and oxygen atoms in total. The fourth-order valence-electron chi connectivity index (χ4n) is 3.41. The first-order valence-electron chi connectivity index (χ1n) is 8.57. The van der Waals surface area contributed by atoms with Crippen LogP contribution in [0, 0.1) is 5.92 Å². The van der Waals surface area contributed by atoms with Crippen molar-refractivity contribution in [2.45, 2.75) is 57.9 Å². The molecule has 0 aromatic carbocycles. The minimum Gasteiger partial charge on any atom is -0.333 e. The molecule has 1 aromatic rings. The van der Waals surface area contributed by atoms with Crippen molar-refractivity contribution >= 4 is 5.91 Å². The van der Waals surface area contributed by atoms with E-state index in [1.165, 1.54) is 0 Å². The molecule has 0 bridgehead atoms. The third-order valence-corrected chi connectivity index (χ3v) is 5.31. The van der Waals surface area contributed by atoms with Crippen LogP contribution < -0.4 is 0 Å². The Morgan fingerprint density at radius 2 is 2.22 bits per heavy atom. The number of carbonyl (C=O) groups is 1. The third kappa shape index (κ3) is 3.27. The Bertz CT molecular complexity index is 567. The molecule has 1 aliphatic carbocycles. The molecule has 2 aliphatic rings. The van der Waals surface area contributed by atoms with Gasteiger partial charge in [0, 0.05) is 44.0 Å². The van der Waals surface area contributed by atoms with E-state index >= 15 is 0 Å². The number of imidazole rings is 1. The number of hydrogen-bond donors (Lipinski definition) is 0. The highest BCUT2D eigenvalue weighted by atomic mass is 19.1. The Balaban J connectivity index is 1.78. The summed E-state index contributed by atoms with van der Waals surface area (Å²) in [7, 11) is 2.10. The zero-order valence-electron chi connectivity index (χ0n) is 14.3. The Labute approximate surface area is 137 Å². The lowest BCUT2D eigenvalue weighted by Crippen LogP contribution is -2.51. The Hall–Kier alpha value is -1.43. The van der Waals surface area contributed by atoms with Gasteiger partial charge < -0.3 is 14.4 Å². The molecule has 1 aliphatic heterocycles. The van der Waals surface area contributed by atoms with Crippen LogP contribution >= 0.6 is 0 Å². The Morgan fingerprint density at radius 3 is 2.83 bits per heavy atom. The summed E-state index contributed by atoms with van der Waals surface area (Å²) in [4.78, 5) is 21.0. The van der Waals surface area contributed by atoms with Crippen molar-refractivity contribution in [3.05, 3.63) is 18.2 Å². The number of amides is 1. The van der Waals surface area contributed by atoms with E-state index in [0.717, 1.165) is 25.3 Å². The first kappa shape index (κ1) is 16.4. The lowest BCUT2D eigenvalue weighted by Gasteiger charge is -2.37. The summed E-state index contributed by atoms with van der Waals surface area (Å²) in [5.74, 6) is 0.804. The van der Waals surface area contributed by atoms with E-state index < -0.39 is 5.67 Å². The average Bonchev–Trinajstić information content (AvgIpc) is 2.82. The summed E-state index contributed by atoms with van der Waals surface area (Å²) < 4.78 is 16.7. The lowest BCUT2D eigenvalue weighted by molar-refractivity contribution is -0.151. The van der Waals surface area contributed by atoms with Crippen molar-refractivity contribution in [2.24, 2.45) is 5.92 Å². The molecule has 2 heterocycles. The zero-order chi connectivity index (χ0) is 16.6. The number of alkyl halides is 1. The molecule has 23 heavy (non-hydrogen) atoms. The highest BCUT2D eigenvalue weighted by molar-refractivity contribution is 5.86. The van der Waals surface area contributed by atoms with Gasteiger partial charge in [0.25, 0.3) is 5.91 Å². The van der Waals surface area contributed by atoms with Crippen LogP contribution in [0.4, 0.5) is 4.39 Å². The second kappa shape index (κ2) is 6.23. The summed E-state index contributed by atoms with van der Waals surface area (Å²) in [6, 6.07) is 0.448. The van der Waals surface area contributed by atoms with Gasteiger partial charge in [0.1, 0.15) is 5.82 Å². The second-order valence-electron chi connectivity index (χ2n) is 7.40. The maximum Gasteiger partial charge on any atom is 0.260 e. The molecule has 0 N–H and O–H groups in total. The lowest BCUT2D eigenvalue weighted by atomic mass is 9.81. The Kier molecular flexibility index (Phi) is 4.45. The third-order valence-electron chi connectivity index (χ3n) is 5.31. The fourth-order valence-corrected chi connectivity index (χ4v) is 3.41. The molecule has 1 aromatic heterocycles. The number of nitrogens with zero attached hydrogens (tertiary/aromatic N) is 4. The minimum atomic E-state index is -1.63. The van der Waals surface area contributed by atoms with Crippen LogP contribution in [-0.4, -0.2) is 57.1 Å². The normalized spacial score (nSPS) is 23.6. The van der Waals surface area contributed by atoms with Gasteiger partial charge in [-0.15, -0.1) is 0 Å². The minimum absolute atomic E-state index is 0.283. The van der Waals surface area contributed by atoms with E-state index in [0.29, 0.717) is 32.0 Å². The van der Waals surface area contributed by atoms with Crippen LogP contribution in [0.15, 0.2) is 12.4 Å². The molecule has 0 spiro atoms. The molecule has 1 atom stereocenters. The molecule has 3 rings (SSSR count). The average molecular weight is 322 g/mol. The van der Waals surface area contributed by atoms with E-state index in [9.17, 15) is 9.18 Å². The summed E-state index contributed by atoms with van der Waals surface area (Å²) in [6.07, 6.45) is 5.27. The van der Waals surface area contributed by atoms with E-state index in [-0.39, 0.29) is 11.8 Å². The van der Waals surface area contributed by atoms with Gasteiger partial charge in [-0.1, -0.05) is 0 Å². The largest absolute Gasteiger partial charge is 0.333 e. The summed E-state index contributed by atoms with van der Waals surface area (Å²) in [5, 5.41) is 0. The van der Waals surface area contributed by atoms with Crippen LogP contribution in [0.5, 0.6) is 0 Å². The molecule has 1 saturated carbocycles. The van der Waals surface area contributed by atoms with Crippen molar-refractivity contribution in [2.75, 3.05) is 20.1 Å². The summed E-state index contributed by atoms with van der Waals surface area (Å²) in [6.45, 7) is 7.05. The van der Waals surface area contributed by atoms with E-state index in [4.69, 9.17) is 0 Å². The molecule has 0 saturated heterocycles. The molecular weight excluding hydrogens is 295 g/mol. The van der Waals surface area contributed by atoms with Gasteiger partial charge in [-0.3, -0.25) is 4.79 Å². The first-order valence-corrected chi connectivity index (χ1v) is 8.57. The highest BCUT2D eigenvalue weighted by Crippen LogP contribution is 2.38. The zero-order valence-corrected chi connectivity index (χ0v) is 14.3. The highest BCUT2D eigenvalue weighted by Gasteiger charge is 2.47. The molecule has 1 amide bonds. The summed E-state index contributed by atoms with van der Waals surface area (Å²) in [5.41, 5.74) is -1.63. The number of rotatable bonds is 4. The van der Waals surface area contributed by atoms with Gasteiger partial charge in [-0.05, 0) is 40.2 Å². The molecular formula is C17H27FN4O. The number of carbonyl (C=O) groups excluding carboxylic acids is 1. The maximum absolute atomic E-state index is 14.6. The molecule has 6 heteroatoms. The SMILES string of the molecule is CC(C)N(C)CC1CN(C(=O)C2(F)CCC2)Cc2nccn2C1. The molecule has 128 valence electrons. The van der Waals surface area contributed by atoms with Crippen molar-refractivity contribution in [1.82, 2.24) is 19.4 Å². The number of hydrogen-bond acceptors (Lipinski definition) is 3. The fraction of sp³-hybridized carbons (Fsp3) is 0.765. The van der Waals surface area contributed by atoms with Crippen LogP contribution in [0.1, 0.15) is 38.9 Å². The monoisotopic (exact) mass is 322 g/mol. The topological polar surface area (TPSA) is 41.4 Å². The van der Waals surface area contributed by atoms with Gasteiger partial charge in [-0.2, -0.15) is 0 Å².